The van der Waals surface area contributed by atoms with Gasteiger partial charge in [-0.1, -0.05) is 11.6 Å². The van der Waals surface area contributed by atoms with Gasteiger partial charge in [0.15, 0.2) is 11.5 Å². The highest BCUT2D eigenvalue weighted by molar-refractivity contribution is 6.32. The van der Waals surface area contributed by atoms with Crippen molar-refractivity contribution < 1.29 is 14.3 Å². The summed E-state index contributed by atoms with van der Waals surface area (Å²) in [7, 11) is 3.47. The Morgan fingerprint density at radius 2 is 2.21 bits per heavy atom. The number of rotatable bonds is 4. The molecule has 1 aromatic carbocycles. The molecule has 0 radical (unpaired) electrons. The number of hydrogen-bond acceptors (Lipinski definition) is 4. The molecule has 1 aliphatic rings. The molecule has 19 heavy (non-hydrogen) atoms. The zero-order valence-corrected chi connectivity index (χ0v) is 12.0. The van der Waals surface area contributed by atoms with Crippen molar-refractivity contribution in [2.45, 2.75) is 19.5 Å². The van der Waals surface area contributed by atoms with Crippen LogP contribution in [-0.4, -0.2) is 37.7 Å². The van der Waals surface area contributed by atoms with E-state index in [2.05, 4.69) is 5.32 Å². The smallest absolute Gasteiger partial charge is 0.238 e. The summed E-state index contributed by atoms with van der Waals surface area (Å²) < 4.78 is 10.5. The first-order valence-electron chi connectivity index (χ1n) is 6.01. The molecular formula is C13H17ClN2O3. The summed E-state index contributed by atoms with van der Waals surface area (Å²) in [6.45, 7) is 2.56. The van der Waals surface area contributed by atoms with Crippen molar-refractivity contribution >= 4 is 17.5 Å². The Balaban J connectivity index is 2.01. The number of fused-ring (bicyclic) bond motifs is 1. The Labute approximate surface area is 117 Å². The third-order valence-electron chi connectivity index (χ3n) is 2.91. The molecule has 0 bridgehead atoms. The topological polar surface area (TPSA) is 50.8 Å². The van der Waals surface area contributed by atoms with Gasteiger partial charge in [-0.25, -0.2) is 0 Å². The molecule has 0 spiro atoms. The molecule has 1 unspecified atom stereocenters. The number of halogens is 1. The lowest BCUT2D eigenvalue weighted by Gasteiger charge is -2.18. The van der Waals surface area contributed by atoms with E-state index >= 15 is 0 Å². The number of amides is 1. The average Bonchev–Trinajstić information content (AvgIpc) is 2.83. The van der Waals surface area contributed by atoms with Gasteiger partial charge in [-0.15, -0.1) is 0 Å². The largest absolute Gasteiger partial charge is 0.454 e. The zero-order valence-electron chi connectivity index (χ0n) is 11.2. The van der Waals surface area contributed by atoms with Crippen molar-refractivity contribution in [3.05, 3.63) is 22.7 Å². The molecular weight excluding hydrogens is 268 g/mol. The number of ether oxygens (including phenoxy) is 2. The fourth-order valence-corrected chi connectivity index (χ4v) is 2.16. The average molecular weight is 285 g/mol. The second-order valence-corrected chi connectivity index (χ2v) is 5.05. The SMILES string of the molecule is CC(NCc1cc(Cl)c2c(c1)OCO2)C(=O)N(C)C. The van der Waals surface area contributed by atoms with Crippen molar-refractivity contribution in [2.24, 2.45) is 0 Å². The summed E-state index contributed by atoms with van der Waals surface area (Å²) in [6.07, 6.45) is 0. The first kappa shape index (κ1) is 14.0. The third kappa shape index (κ3) is 3.11. The molecule has 1 heterocycles. The van der Waals surface area contributed by atoms with E-state index in [9.17, 15) is 4.79 Å². The molecule has 0 saturated carbocycles. The molecule has 0 fully saturated rings. The number of carbonyl (C=O) groups is 1. The zero-order chi connectivity index (χ0) is 14.0. The van der Waals surface area contributed by atoms with E-state index in [4.69, 9.17) is 21.1 Å². The number of carbonyl (C=O) groups excluding carboxylic acids is 1. The van der Waals surface area contributed by atoms with Gasteiger partial charge < -0.3 is 19.7 Å². The van der Waals surface area contributed by atoms with Crippen LogP contribution in [0.5, 0.6) is 11.5 Å². The summed E-state index contributed by atoms with van der Waals surface area (Å²) in [6, 6.07) is 3.43. The molecule has 1 aromatic rings. The van der Waals surface area contributed by atoms with Gasteiger partial charge in [0.1, 0.15) is 0 Å². The van der Waals surface area contributed by atoms with Crippen LogP contribution in [0.25, 0.3) is 0 Å². The van der Waals surface area contributed by atoms with Gasteiger partial charge in [0, 0.05) is 20.6 Å². The van der Waals surface area contributed by atoms with Crippen LogP contribution >= 0.6 is 11.6 Å². The summed E-state index contributed by atoms with van der Waals surface area (Å²) in [5.74, 6) is 1.27. The van der Waals surface area contributed by atoms with Crippen LogP contribution < -0.4 is 14.8 Å². The Kier molecular flexibility index (Phi) is 4.17. The van der Waals surface area contributed by atoms with Crippen LogP contribution in [0, 0.1) is 0 Å². The van der Waals surface area contributed by atoms with Gasteiger partial charge in [0.2, 0.25) is 12.7 Å². The van der Waals surface area contributed by atoms with Crippen LogP contribution in [-0.2, 0) is 11.3 Å². The van der Waals surface area contributed by atoms with Crippen LogP contribution in [0.2, 0.25) is 5.02 Å². The second kappa shape index (κ2) is 5.67. The number of likely N-dealkylation sites (N-methyl/N-ethyl adjacent to an activating group) is 1. The number of hydrogen-bond donors (Lipinski definition) is 1. The molecule has 1 atom stereocenters. The van der Waals surface area contributed by atoms with E-state index < -0.39 is 0 Å². The Morgan fingerprint density at radius 3 is 2.89 bits per heavy atom. The maximum absolute atomic E-state index is 11.7. The third-order valence-corrected chi connectivity index (χ3v) is 3.19. The van der Waals surface area contributed by atoms with E-state index in [0.29, 0.717) is 23.1 Å². The van der Waals surface area contributed by atoms with Crippen LogP contribution in [0.4, 0.5) is 0 Å². The van der Waals surface area contributed by atoms with Crippen molar-refractivity contribution in [3.63, 3.8) is 0 Å². The molecule has 1 aliphatic heterocycles. The minimum atomic E-state index is -0.251. The highest BCUT2D eigenvalue weighted by Crippen LogP contribution is 2.39. The Morgan fingerprint density at radius 1 is 1.47 bits per heavy atom. The van der Waals surface area contributed by atoms with Gasteiger partial charge in [-0.2, -0.15) is 0 Å². The predicted molar refractivity (Wildman–Crippen MR) is 72.6 cm³/mol. The Bertz CT molecular complexity index is 491. The van der Waals surface area contributed by atoms with Gasteiger partial charge in [0.05, 0.1) is 11.1 Å². The van der Waals surface area contributed by atoms with Gasteiger partial charge in [0.25, 0.3) is 0 Å². The molecule has 0 aromatic heterocycles. The van der Waals surface area contributed by atoms with Crippen LogP contribution in [0.15, 0.2) is 12.1 Å². The molecule has 0 saturated heterocycles. The lowest BCUT2D eigenvalue weighted by atomic mass is 10.2. The normalized spacial score (nSPS) is 14.3. The molecule has 1 N–H and O–H groups in total. The van der Waals surface area contributed by atoms with Crippen molar-refractivity contribution in [1.29, 1.82) is 0 Å². The lowest BCUT2D eigenvalue weighted by Crippen LogP contribution is -2.41. The first-order chi connectivity index (χ1) is 8.99. The maximum atomic E-state index is 11.7. The quantitative estimate of drug-likeness (QED) is 0.913. The number of nitrogens with one attached hydrogen (secondary N) is 1. The fourth-order valence-electron chi connectivity index (χ4n) is 1.87. The fraction of sp³-hybridized carbons (Fsp3) is 0.462. The minimum absolute atomic E-state index is 0.0341. The Hall–Kier alpha value is -1.46. The summed E-state index contributed by atoms with van der Waals surface area (Å²) in [5, 5.41) is 3.68. The number of benzene rings is 1. The van der Waals surface area contributed by atoms with E-state index in [1.54, 1.807) is 19.0 Å². The molecule has 5 nitrogen and oxygen atoms in total. The van der Waals surface area contributed by atoms with E-state index in [1.807, 2.05) is 19.1 Å². The summed E-state index contributed by atoms with van der Waals surface area (Å²) in [4.78, 5) is 13.3. The lowest BCUT2D eigenvalue weighted by molar-refractivity contribution is -0.130. The maximum Gasteiger partial charge on any atom is 0.238 e. The molecule has 1 amide bonds. The van der Waals surface area contributed by atoms with E-state index in [0.717, 1.165) is 5.56 Å². The van der Waals surface area contributed by atoms with Crippen molar-refractivity contribution in [2.75, 3.05) is 20.9 Å². The van der Waals surface area contributed by atoms with Gasteiger partial charge in [-0.05, 0) is 24.6 Å². The van der Waals surface area contributed by atoms with Crippen LogP contribution in [0.3, 0.4) is 0 Å². The highest BCUT2D eigenvalue weighted by Gasteiger charge is 2.19. The minimum Gasteiger partial charge on any atom is -0.454 e. The molecule has 6 heteroatoms. The second-order valence-electron chi connectivity index (χ2n) is 4.65. The van der Waals surface area contributed by atoms with Gasteiger partial charge >= 0.3 is 0 Å². The highest BCUT2D eigenvalue weighted by atomic mass is 35.5. The number of nitrogens with zero attached hydrogens (tertiary/aromatic N) is 1. The van der Waals surface area contributed by atoms with Crippen LogP contribution in [0.1, 0.15) is 12.5 Å². The predicted octanol–water partition coefficient (Wildman–Crippen LogP) is 1.64. The van der Waals surface area contributed by atoms with Crippen molar-refractivity contribution in [1.82, 2.24) is 10.2 Å². The standard InChI is InChI=1S/C13H17ClN2O3/c1-8(13(17)16(2)3)15-6-9-4-10(14)12-11(5-9)18-7-19-12/h4-5,8,15H,6-7H2,1-3H3. The van der Waals surface area contributed by atoms with Gasteiger partial charge in [-0.3, -0.25) is 4.79 Å². The van der Waals surface area contributed by atoms with E-state index in [1.165, 1.54) is 0 Å². The molecule has 104 valence electrons. The molecule has 0 aliphatic carbocycles. The first-order valence-corrected chi connectivity index (χ1v) is 6.39. The van der Waals surface area contributed by atoms with Crippen molar-refractivity contribution in [3.8, 4) is 11.5 Å². The summed E-state index contributed by atoms with van der Waals surface area (Å²) >= 11 is 6.10. The van der Waals surface area contributed by atoms with E-state index in [-0.39, 0.29) is 18.7 Å². The molecule has 2 rings (SSSR count). The summed E-state index contributed by atoms with van der Waals surface area (Å²) in [5.41, 5.74) is 0.952. The monoisotopic (exact) mass is 284 g/mol.